The highest BCUT2D eigenvalue weighted by atomic mass is 16.5. The number of hydrogen-bond donors (Lipinski definition) is 1. The molecule has 3 aromatic rings. The number of imidazole rings is 1. The maximum Gasteiger partial charge on any atom is 0.247 e. The van der Waals surface area contributed by atoms with Crippen molar-refractivity contribution in [1.29, 1.82) is 0 Å². The fourth-order valence-electron chi connectivity index (χ4n) is 3.89. The van der Waals surface area contributed by atoms with Crippen molar-refractivity contribution >= 4 is 23.0 Å². The fraction of sp³-hybridized carbons (Fsp3) is 0.304. The summed E-state index contributed by atoms with van der Waals surface area (Å²) in [6.07, 6.45) is 5.15. The van der Waals surface area contributed by atoms with Crippen LogP contribution in [0.15, 0.2) is 42.5 Å². The second-order valence-electron chi connectivity index (χ2n) is 7.11. The van der Waals surface area contributed by atoms with Gasteiger partial charge < -0.3 is 24.1 Å². The minimum Gasteiger partial charge on any atom is -0.496 e. The molecule has 1 N–H and O–H groups in total. The summed E-state index contributed by atoms with van der Waals surface area (Å²) in [4.78, 5) is 22.9. The molecule has 1 saturated heterocycles. The normalized spacial score (nSPS) is 16.4. The smallest absolute Gasteiger partial charge is 0.247 e. The molecular weight excluding hydrogens is 382 g/mol. The molecule has 1 aliphatic rings. The molecule has 7 heteroatoms. The molecule has 2 heterocycles. The number of para-hydroxylation sites is 2. The Morgan fingerprint density at radius 1 is 1.10 bits per heavy atom. The van der Waals surface area contributed by atoms with Gasteiger partial charge >= 0.3 is 0 Å². The molecule has 1 amide bonds. The maximum absolute atomic E-state index is 13.0. The first-order chi connectivity index (χ1) is 14.6. The number of ether oxygens (including phenoxy) is 3. The van der Waals surface area contributed by atoms with Crippen LogP contribution in [0.1, 0.15) is 30.3 Å². The Hall–Kier alpha value is -3.48. The van der Waals surface area contributed by atoms with E-state index in [0.29, 0.717) is 23.8 Å². The average molecular weight is 407 g/mol. The van der Waals surface area contributed by atoms with Gasteiger partial charge in [-0.2, -0.15) is 0 Å². The van der Waals surface area contributed by atoms with E-state index >= 15 is 0 Å². The van der Waals surface area contributed by atoms with E-state index in [0.717, 1.165) is 35.3 Å². The molecular formula is C23H25N3O4. The van der Waals surface area contributed by atoms with Crippen LogP contribution >= 0.6 is 0 Å². The highest BCUT2D eigenvalue weighted by Crippen LogP contribution is 2.36. The number of methoxy groups -OCH3 is 3. The molecule has 1 aliphatic heterocycles. The topological polar surface area (TPSA) is 76.7 Å². The second kappa shape index (κ2) is 8.49. The summed E-state index contributed by atoms with van der Waals surface area (Å²) in [5, 5.41) is 0. The molecule has 0 radical (unpaired) electrons. The number of amides is 1. The maximum atomic E-state index is 13.0. The Kier molecular flexibility index (Phi) is 5.61. The van der Waals surface area contributed by atoms with Crippen LogP contribution in [0.3, 0.4) is 0 Å². The first kappa shape index (κ1) is 19.8. The predicted molar refractivity (Wildman–Crippen MR) is 115 cm³/mol. The first-order valence-corrected chi connectivity index (χ1v) is 9.88. The molecule has 0 aliphatic carbocycles. The van der Waals surface area contributed by atoms with Crippen LogP contribution in [-0.2, 0) is 4.79 Å². The van der Waals surface area contributed by atoms with E-state index in [9.17, 15) is 4.79 Å². The molecule has 0 bridgehead atoms. The molecule has 156 valence electrons. The third-order valence-corrected chi connectivity index (χ3v) is 5.40. The number of carbonyl (C=O) groups excluding carboxylic acids is 1. The number of aromatic nitrogens is 2. The Morgan fingerprint density at radius 3 is 2.57 bits per heavy atom. The number of benzene rings is 2. The van der Waals surface area contributed by atoms with E-state index < -0.39 is 0 Å². The first-order valence-electron chi connectivity index (χ1n) is 9.88. The minimum absolute atomic E-state index is 0.0538. The van der Waals surface area contributed by atoms with Crippen molar-refractivity contribution in [2.75, 3.05) is 27.9 Å². The van der Waals surface area contributed by atoms with E-state index in [1.165, 1.54) is 0 Å². The lowest BCUT2D eigenvalue weighted by molar-refractivity contribution is -0.126. The number of aromatic amines is 1. The number of nitrogens with zero attached hydrogens (tertiary/aromatic N) is 2. The second-order valence-corrected chi connectivity index (χ2v) is 7.11. The zero-order chi connectivity index (χ0) is 21.1. The largest absolute Gasteiger partial charge is 0.496 e. The van der Waals surface area contributed by atoms with Crippen molar-refractivity contribution in [3.63, 3.8) is 0 Å². The number of hydrogen-bond acceptors (Lipinski definition) is 5. The standard InChI is InChI=1S/C23H25N3O4/c1-28-19-14-21(30-3)20(29-2)13-15(19)10-11-22(27)26-12-6-9-18(26)23-24-16-7-4-5-8-17(16)25-23/h4-5,7-8,10-11,13-14,18H,6,9,12H2,1-3H3,(H,24,25)/b11-10+. The number of rotatable bonds is 6. The summed E-state index contributed by atoms with van der Waals surface area (Å²) in [6.45, 7) is 0.702. The Labute approximate surface area is 175 Å². The molecule has 1 aromatic heterocycles. The quantitative estimate of drug-likeness (QED) is 0.626. The Morgan fingerprint density at radius 2 is 1.83 bits per heavy atom. The van der Waals surface area contributed by atoms with E-state index in [-0.39, 0.29) is 11.9 Å². The van der Waals surface area contributed by atoms with Crippen molar-refractivity contribution in [3.05, 3.63) is 53.9 Å². The van der Waals surface area contributed by atoms with Gasteiger partial charge in [-0.05, 0) is 37.1 Å². The molecule has 1 fully saturated rings. The molecule has 30 heavy (non-hydrogen) atoms. The number of fused-ring (bicyclic) bond motifs is 1. The molecule has 2 aromatic carbocycles. The van der Waals surface area contributed by atoms with Gasteiger partial charge in [-0.25, -0.2) is 4.98 Å². The fourth-order valence-corrected chi connectivity index (χ4v) is 3.89. The molecule has 0 spiro atoms. The summed E-state index contributed by atoms with van der Waals surface area (Å²) in [7, 11) is 4.73. The zero-order valence-corrected chi connectivity index (χ0v) is 17.3. The number of carbonyl (C=O) groups is 1. The van der Waals surface area contributed by atoms with Crippen LogP contribution < -0.4 is 14.2 Å². The third kappa shape index (κ3) is 3.70. The van der Waals surface area contributed by atoms with Gasteiger partial charge in [0, 0.05) is 24.3 Å². The van der Waals surface area contributed by atoms with Crippen molar-refractivity contribution in [1.82, 2.24) is 14.9 Å². The molecule has 7 nitrogen and oxygen atoms in total. The third-order valence-electron chi connectivity index (χ3n) is 5.40. The summed E-state index contributed by atoms with van der Waals surface area (Å²) < 4.78 is 16.1. The van der Waals surface area contributed by atoms with Crippen LogP contribution in [0, 0.1) is 0 Å². The van der Waals surface area contributed by atoms with Crippen molar-refractivity contribution in [2.24, 2.45) is 0 Å². The van der Waals surface area contributed by atoms with Crippen molar-refractivity contribution < 1.29 is 19.0 Å². The minimum atomic E-state index is -0.0604. The van der Waals surface area contributed by atoms with E-state index in [4.69, 9.17) is 19.2 Å². The lowest BCUT2D eigenvalue weighted by Gasteiger charge is -2.21. The van der Waals surface area contributed by atoms with Crippen molar-refractivity contribution in [2.45, 2.75) is 18.9 Å². The SMILES string of the molecule is COc1cc(OC)c(OC)cc1/C=C/C(=O)N1CCCC1c1nc2ccccc2[nH]1. The summed E-state index contributed by atoms with van der Waals surface area (Å²) in [5.74, 6) is 2.52. The van der Waals surface area contributed by atoms with Crippen LogP contribution in [0.2, 0.25) is 0 Å². The van der Waals surface area contributed by atoms with Gasteiger partial charge in [0.1, 0.15) is 11.6 Å². The van der Waals surface area contributed by atoms with Gasteiger partial charge in [0.15, 0.2) is 11.5 Å². The molecule has 0 saturated carbocycles. The predicted octanol–water partition coefficient (Wildman–Crippen LogP) is 3.97. The number of likely N-dealkylation sites (tertiary alicyclic amines) is 1. The van der Waals surface area contributed by atoms with Gasteiger partial charge in [0.25, 0.3) is 0 Å². The summed E-state index contributed by atoms with van der Waals surface area (Å²) in [6, 6.07) is 11.4. The van der Waals surface area contributed by atoms with Gasteiger partial charge in [-0.1, -0.05) is 12.1 Å². The van der Waals surface area contributed by atoms with Gasteiger partial charge in [-0.3, -0.25) is 4.79 Å². The number of nitrogens with one attached hydrogen (secondary N) is 1. The number of H-pyrrole nitrogens is 1. The van der Waals surface area contributed by atoms with Gasteiger partial charge in [-0.15, -0.1) is 0 Å². The zero-order valence-electron chi connectivity index (χ0n) is 17.3. The van der Waals surface area contributed by atoms with E-state index in [1.54, 1.807) is 45.6 Å². The lowest BCUT2D eigenvalue weighted by Crippen LogP contribution is -2.29. The van der Waals surface area contributed by atoms with Crippen molar-refractivity contribution in [3.8, 4) is 17.2 Å². The van der Waals surface area contributed by atoms with E-state index in [1.807, 2.05) is 29.2 Å². The monoisotopic (exact) mass is 407 g/mol. The molecule has 1 unspecified atom stereocenters. The van der Waals surface area contributed by atoms with Crippen LogP contribution in [0.25, 0.3) is 17.1 Å². The Bertz CT molecular complexity index is 1060. The summed E-state index contributed by atoms with van der Waals surface area (Å²) in [5.41, 5.74) is 2.64. The molecule has 4 rings (SSSR count). The average Bonchev–Trinajstić information content (AvgIpc) is 3.43. The highest BCUT2D eigenvalue weighted by Gasteiger charge is 2.31. The molecule has 1 atom stereocenters. The lowest BCUT2D eigenvalue weighted by atomic mass is 10.1. The van der Waals surface area contributed by atoms with Crippen LogP contribution in [0.5, 0.6) is 17.2 Å². The van der Waals surface area contributed by atoms with Crippen LogP contribution in [0.4, 0.5) is 0 Å². The highest BCUT2D eigenvalue weighted by molar-refractivity contribution is 5.93. The summed E-state index contributed by atoms with van der Waals surface area (Å²) >= 11 is 0. The van der Waals surface area contributed by atoms with Crippen LogP contribution in [-0.4, -0.2) is 48.6 Å². The Balaban J connectivity index is 1.57. The van der Waals surface area contributed by atoms with Gasteiger partial charge in [0.2, 0.25) is 5.91 Å². The van der Waals surface area contributed by atoms with E-state index in [2.05, 4.69) is 4.98 Å². The van der Waals surface area contributed by atoms with Gasteiger partial charge in [0.05, 0.1) is 38.4 Å².